The summed E-state index contributed by atoms with van der Waals surface area (Å²) in [4.78, 5) is 43.8. The van der Waals surface area contributed by atoms with Gasteiger partial charge >= 0.3 is 0 Å². The second-order valence-electron chi connectivity index (χ2n) is 9.30. The lowest BCUT2D eigenvalue weighted by atomic mass is 10.1. The van der Waals surface area contributed by atoms with Crippen molar-refractivity contribution in [2.45, 2.75) is 11.8 Å². The Hall–Kier alpha value is -5.00. The molecule has 0 aliphatic carbocycles. The highest BCUT2D eigenvalue weighted by atomic mass is 32.2. The van der Waals surface area contributed by atoms with Crippen molar-refractivity contribution in [2.75, 3.05) is 23.0 Å². The van der Waals surface area contributed by atoms with E-state index in [4.69, 9.17) is 4.74 Å². The predicted molar refractivity (Wildman–Crippen MR) is 173 cm³/mol. The molecule has 0 unspecified atom stereocenters. The molecule has 5 aromatic rings. The van der Waals surface area contributed by atoms with Crippen LogP contribution in [-0.4, -0.2) is 35.1 Å². The highest BCUT2D eigenvalue weighted by Crippen LogP contribution is 2.30. The molecule has 1 heterocycles. The fraction of sp³-hybridized carbons (Fsp3) is 0.0909. The SMILES string of the molecule is CCOc1ccc2nc(NC(=O)CSc3ccc(NC(=O)/C(=C/c4ccccc4F)NC(=O)c4ccccc4)cc3)sc2c1. The molecule has 8 nitrogen and oxygen atoms in total. The van der Waals surface area contributed by atoms with Gasteiger partial charge in [-0.25, -0.2) is 9.37 Å². The van der Waals surface area contributed by atoms with Crippen LogP contribution in [0, 0.1) is 5.82 Å². The Morgan fingerprint density at radius 3 is 2.43 bits per heavy atom. The van der Waals surface area contributed by atoms with E-state index in [1.54, 1.807) is 60.7 Å². The first-order valence-electron chi connectivity index (χ1n) is 13.6. The van der Waals surface area contributed by atoms with E-state index in [0.717, 1.165) is 20.9 Å². The molecule has 11 heteroatoms. The van der Waals surface area contributed by atoms with Gasteiger partial charge in [0.1, 0.15) is 17.3 Å². The van der Waals surface area contributed by atoms with Crippen LogP contribution in [-0.2, 0) is 9.59 Å². The minimum Gasteiger partial charge on any atom is -0.494 e. The van der Waals surface area contributed by atoms with Crippen molar-refractivity contribution in [3.05, 3.63) is 120 Å². The maximum atomic E-state index is 14.4. The van der Waals surface area contributed by atoms with Crippen LogP contribution in [0.2, 0.25) is 0 Å². The van der Waals surface area contributed by atoms with Gasteiger partial charge in [0, 0.05) is 21.7 Å². The van der Waals surface area contributed by atoms with Crippen LogP contribution in [0.3, 0.4) is 0 Å². The number of anilines is 2. The number of nitrogens with zero attached hydrogens (tertiary/aromatic N) is 1. The van der Waals surface area contributed by atoms with E-state index in [9.17, 15) is 18.8 Å². The fourth-order valence-electron chi connectivity index (χ4n) is 4.04. The lowest BCUT2D eigenvalue weighted by Crippen LogP contribution is -2.30. The van der Waals surface area contributed by atoms with Crippen molar-refractivity contribution in [1.82, 2.24) is 10.3 Å². The van der Waals surface area contributed by atoms with Crippen molar-refractivity contribution in [3.8, 4) is 5.75 Å². The highest BCUT2D eigenvalue weighted by Gasteiger charge is 2.16. The van der Waals surface area contributed by atoms with Gasteiger partial charge in [0.2, 0.25) is 5.91 Å². The summed E-state index contributed by atoms with van der Waals surface area (Å²) in [6, 6.07) is 26.9. The summed E-state index contributed by atoms with van der Waals surface area (Å²) in [5.41, 5.74) is 1.62. The van der Waals surface area contributed by atoms with Gasteiger partial charge in [-0.15, -0.1) is 11.8 Å². The number of thioether (sulfide) groups is 1. The number of rotatable bonds is 11. The Morgan fingerprint density at radius 1 is 0.932 bits per heavy atom. The maximum absolute atomic E-state index is 14.4. The summed E-state index contributed by atoms with van der Waals surface area (Å²) in [5, 5.41) is 8.68. The zero-order valence-electron chi connectivity index (χ0n) is 23.5. The molecule has 0 bridgehead atoms. The van der Waals surface area contributed by atoms with E-state index >= 15 is 0 Å². The zero-order chi connectivity index (χ0) is 30.9. The largest absolute Gasteiger partial charge is 0.494 e. The lowest BCUT2D eigenvalue weighted by molar-refractivity contribution is -0.114. The van der Waals surface area contributed by atoms with Crippen LogP contribution in [0.4, 0.5) is 15.2 Å². The number of aromatic nitrogens is 1. The average Bonchev–Trinajstić information content (AvgIpc) is 3.43. The molecule has 1 aromatic heterocycles. The number of benzene rings is 4. The molecule has 0 spiro atoms. The van der Waals surface area contributed by atoms with Gasteiger partial charge in [-0.2, -0.15) is 0 Å². The normalized spacial score (nSPS) is 11.2. The average molecular weight is 627 g/mol. The number of hydrogen-bond acceptors (Lipinski definition) is 7. The van der Waals surface area contributed by atoms with Crippen molar-refractivity contribution >= 4 is 67.9 Å². The predicted octanol–water partition coefficient (Wildman–Crippen LogP) is 6.97. The van der Waals surface area contributed by atoms with Crippen LogP contribution in [0.25, 0.3) is 16.3 Å². The molecular formula is C33H27FN4O4S2. The molecule has 4 aromatic carbocycles. The third kappa shape index (κ3) is 8.09. The fourth-order valence-corrected chi connectivity index (χ4v) is 5.65. The van der Waals surface area contributed by atoms with Crippen LogP contribution < -0.4 is 20.7 Å². The Labute approximate surface area is 261 Å². The van der Waals surface area contributed by atoms with Crippen molar-refractivity contribution < 1.29 is 23.5 Å². The van der Waals surface area contributed by atoms with E-state index in [2.05, 4.69) is 20.9 Å². The standard InChI is InChI=1S/C33H27FN4O4S2/c1-2-42-24-14-17-27-29(19-24)44-33(37-27)38-30(39)20-43-25-15-12-23(13-16-25)35-32(41)28(18-22-10-6-7-11-26(22)34)36-31(40)21-8-4-3-5-9-21/h3-19H,2,20H2,1H3,(H,35,41)(H,36,40)(H,37,38,39)/b28-18-. The number of carbonyl (C=O) groups excluding carboxylic acids is 3. The van der Waals surface area contributed by atoms with Gasteiger partial charge in [-0.1, -0.05) is 47.7 Å². The topological polar surface area (TPSA) is 109 Å². The second-order valence-corrected chi connectivity index (χ2v) is 11.4. The first kappa shape index (κ1) is 30.5. The molecular weight excluding hydrogens is 600 g/mol. The van der Waals surface area contributed by atoms with Gasteiger partial charge in [0.25, 0.3) is 11.8 Å². The van der Waals surface area contributed by atoms with Crippen LogP contribution in [0.15, 0.2) is 108 Å². The van der Waals surface area contributed by atoms with Gasteiger partial charge in [0.15, 0.2) is 5.13 Å². The molecule has 222 valence electrons. The lowest BCUT2D eigenvalue weighted by Gasteiger charge is -2.12. The van der Waals surface area contributed by atoms with Crippen molar-refractivity contribution in [1.29, 1.82) is 0 Å². The molecule has 3 amide bonds. The number of fused-ring (bicyclic) bond motifs is 1. The molecule has 5 rings (SSSR count). The Balaban J connectivity index is 1.20. The first-order valence-corrected chi connectivity index (χ1v) is 15.4. The van der Waals surface area contributed by atoms with E-state index in [-0.39, 0.29) is 22.9 Å². The first-order chi connectivity index (χ1) is 21.4. The van der Waals surface area contributed by atoms with Crippen LogP contribution >= 0.6 is 23.1 Å². The molecule has 0 fully saturated rings. The zero-order valence-corrected chi connectivity index (χ0v) is 25.1. The number of amides is 3. The molecule has 0 aliphatic rings. The van der Waals surface area contributed by atoms with Gasteiger partial charge in [-0.3, -0.25) is 14.4 Å². The number of carbonyl (C=O) groups is 3. The molecule has 3 N–H and O–H groups in total. The summed E-state index contributed by atoms with van der Waals surface area (Å²) >= 11 is 2.71. The van der Waals surface area contributed by atoms with Crippen LogP contribution in [0.1, 0.15) is 22.8 Å². The van der Waals surface area contributed by atoms with Crippen molar-refractivity contribution in [3.63, 3.8) is 0 Å². The second kappa shape index (κ2) is 14.5. The van der Waals surface area contributed by atoms with E-state index in [1.807, 2.05) is 25.1 Å². The molecule has 0 atom stereocenters. The van der Waals surface area contributed by atoms with Crippen LogP contribution in [0.5, 0.6) is 5.75 Å². The smallest absolute Gasteiger partial charge is 0.272 e. The van der Waals surface area contributed by atoms with Gasteiger partial charge in [0.05, 0.1) is 22.6 Å². The summed E-state index contributed by atoms with van der Waals surface area (Å²) in [5.74, 6) is -0.945. The number of nitrogens with one attached hydrogen (secondary N) is 3. The highest BCUT2D eigenvalue weighted by molar-refractivity contribution is 8.00. The summed E-state index contributed by atoms with van der Waals surface area (Å²) < 4.78 is 20.8. The molecule has 0 saturated heterocycles. The monoisotopic (exact) mass is 626 g/mol. The molecule has 0 saturated carbocycles. The van der Waals surface area contributed by atoms with Crippen molar-refractivity contribution in [2.24, 2.45) is 0 Å². The van der Waals surface area contributed by atoms with E-state index in [0.29, 0.717) is 23.0 Å². The van der Waals surface area contributed by atoms with Gasteiger partial charge < -0.3 is 20.7 Å². The Bertz CT molecular complexity index is 1830. The molecule has 44 heavy (non-hydrogen) atoms. The number of halogens is 1. The minimum absolute atomic E-state index is 0.122. The minimum atomic E-state index is -0.624. The van der Waals surface area contributed by atoms with E-state index in [1.165, 1.54) is 47.4 Å². The number of thiazole rings is 1. The third-order valence-corrected chi connectivity index (χ3v) is 8.08. The number of hydrogen-bond donors (Lipinski definition) is 3. The Morgan fingerprint density at radius 2 is 1.68 bits per heavy atom. The summed E-state index contributed by atoms with van der Waals surface area (Å²) in [7, 11) is 0. The number of ether oxygens (including phenoxy) is 1. The summed E-state index contributed by atoms with van der Waals surface area (Å²) in [6.45, 7) is 2.49. The van der Waals surface area contributed by atoms with E-state index < -0.39 is 17.6 Å². The Kier molecular flexibility index (Phi) is 10.0. The summed E-state index contributed by atoms with van der Waals surface area (Å²) in [6.07, 6.45) is 1.29. The third-order valence-electron chi connectivity index (χ3n) is 6.13. The quantitative estimate of drug-likeness (QED) is 0.108. The maximum Gasteiger partial charge on any atom is 0.272 e. The molecule has 0 aliphatic heterocycles. The molecule has 0 radical (unpaired) electrons. The van der Waals surface area contributed by atoms with Gasteiger partial charge in [-0.05, 0) is 73.7 Å².